The summed E-state index contributed by atoms with van der Waals surface area (Å²) in [6.45, 7) is 4.10. The quantitative estimate of drug-likeness (QED) is 0.757. The molecule has 0 bridgehead atoms. The predicted octanol–water partition coefficient (Wildman–Crippen LogP) is 3.02. The Hall–Kier alpha value is -3.19. The third kappa shape index (κ3) is 4.04. The highest BCUT2D eigenvalue weighted by Crippen LogP contribution is 2.20. The van der Waals surface area contributed by atoms with E-state index in [9.17, 15) is 9.18 Å². The molecule has 6 nitrogen and oxygen atoms in total. The number of anilines is 2. The largest absolute Gasteiger partial charge is 0.369 e. The van der Waals surface area contributed by atoms with Crippen LogP contribution < -0.4 is 10.2 Å². The number of benzene rings is 2. The molecule has 1 saturated heterocycles. The summed E-state index contributed by atoms with van der Waals surface area (Å²) in [6.07, 6.45) is 1.64. The topological polar surface area (TPSA) is 53.4 Å². The summed E-state index contributed by atoms with van der Waals surface area (Å²) in [6, 6.07) is 15.5. The number of rotatable bonds is 4. The van der Waals surface area contributed by atoms with Crippen molar-refractivity contribution in [3.63, 3.8) is 0 Å². The maximum Gasteiger partial charge on any atom is 0.276 e. The van der Waals surface area contributed by atoms with Crippen LogP contribution in [0.3, 0.4) is 0 Å². The maximum atomic E-state index is 13.4. The van der Waals surface area contributed by atoms with E-state index >= 15 is 0 Å². The van der Waals surface area contributed by atoms with Gasteiger partial charge in [-0.15, -0.1) is 0 Å². The number of likely N-dealkylation sites (N-methyl/N-ethyl adjacent to an activating group) is 1. The molecule has 144 valence electrons. The number of aromatic nitrogens is 2. The monoisotopic (exact) mass is 379 g/mol. The molecule has 7 heteroatoms. The van der Waals surface area contributed by atoms with Crippen molar-refractivity contribution in [2.75, 3.05) is 43.4 Å². The molecule has 1 N–H and O–H groups in total. The molecular weight excluding hydrogens is 357 g/mol. The van der Waals surface area contributed by atoms with Gasteiger partial charge < -0.3 is 15.1 Å². The Morgan fingerprint density at radius 1 is 1.00 bits per heavy atom. The lowest BCUT2D eigenvalue weighted by molar-refractivity contribution is 0.102. The van der Waals surface area contributed by atoms with Crippen LogP contribution in [0.25, 0.3) is 5.69 Å². The fourth-order valence-corrected chi connectivity index (χ4v) is 3.22. The van der Waals surface area contributed by atoms with E-state index in [2.05, 4.69) is 27.3 Å². The number of nitrogens with zero attached hydrogens (tertiary/aromatic N) is 4. The summed E-state index contributed by atoms with van der Waals surface area (Å²) >= 11 is 0. The molecule has 2 aromatic carbocycles. The molecule has 1 fully saturated rings. The molecule has 0 saturated carbocycles. The van der Waals surface area contributed by atoms with Crippen LogP contribution in [0.1, 0.15) is 10.5 Å². The van der Waals surface area contributed by atoms with Crippen molar-refractivity contribution in [2.24, 2.45) is 0 Å². The van der Waals surface area contributed by atoms with Crippen LogP contribution in [-0.4, -0.2) is 53.8 Å². The summed E-state index contributed by atoms with van der Waals surface area (Å²) in [5.74, 6) is -0.651. The molecule has 0 unspecified atom stereocenters. The number of piperazine rings is 1. The number of hydrogen-bond donors (Lipinski definition) is 1. The van der Waals surface area contributed by atoms with Crippen LogP contribution >= 0.6 is 0 Å². The molecule has 0 aliphatic carbocycles. The van der Waals surface area contributed by atoms with E-state index in [1.165, 1.54) is 16.8 Å². The zero-order valence-electron chi connectivity index (χ0n) is 15.7. The van der Waals surface area contributed by atoms with E-state index in [0.29, 0.717) is 11.4 Å². The second-order valence-corrected chi connectivity index (χ2v) is 6.92. The van der Waals surface area contributed by atoms with Crippen molar-refractivity contribution < 1.29 is 9.18 Å². The van der Waals surface area contributed by atoms with Gasteiger partial charge in [0, 0.05) is 43.8 Å². The van der Waals surface area contributed by atoms with E-state index in [0.717, 1.165) is 31.9 Å². The van der Waals surface area contributed by atoms with Crippen molar-refractivity contribution in [3.8, 4) is 5.69 Å². The first-order valence-electron chi connectivity index (χ1n) is 9.25. The third-order valence-electron chi connectivity index (χ3n) is 4.89. The average molecular weight is 379 g/mol. The predicted molar refractivity (Wildman–Crippen MR) is 108 cm³/mol. The summed E-state index contributed by atoms with van der Waals surface area (Å²) in [5, 5.41) is 7.10. The smallest absolute Gasteiger partial charge is 0.276 e. The van der Waals surface area contributed by atoms with Gasteiger partial charge >= 0.3 is 0 Å². The van der Waals surface area contributed by atoms with Gasteiger partial charge in [0.05, 0.1) is 5.69 Å². The molecule has 0 atom stereocenters. The third-order valence-corrected chi connectivity index (χ3v) is 4.89. The van der Waals surface area contributed by atoms with Crippen molar-refractivity contribution in [2.45, 2.75) is 0 Å². The molecule has 28 heavy (non-hydrogen) atoms. The summed E-state index contributed by atoms with van der Waals surface area (Å²) in [4.78, 5) is 17.1. The molecule has 1 aromatic heterocycles. The number of hydrogen-bond acceptors (Lipinski definition) is 4. The molecule has 0 radical (unpaired) electrons. The highest BCUT2D eigenvalue weighted by molar-refractivity contribution is 6.02. The maximum absolute atomic E-state index is 13.4. The van der Waals surface area contributed by atoms with Crippen molar-refractivity contribution in [3.05, 3.63) is 72.3 Å². The fraction of sp³-hybridized carbons (Fsp3) is 0.238. The lowest BCUT2D eigenvalue weighted by Gasteiger charge is -2.34. The Labute approximate surface area is 163 Å². The van der Waals surface area contributed by atoms with Crippen LogP contribution in [0, 0.1) is 5.82 Å². The SMILES string of the molecule is CN1CCN(c2ccc(NC(=O)c3ccn(-c4cccc(F)c4)n3)cc2)CC1. The zero-order chi connectivity index (χ0) is 19.5. The van der Waals surface area contributed by atoms with Gasteiger partial charge in [0.2, 0.25) is 0 Å². The first-order valence-corrected chi connectivity index (χ1v) is 9.25. The van der Waals surface area contributed by atoms with E-state index in [4.69, 9.17) is 0 Å². The van der Waals surface area contributed by atoms with Gasteiger partial charge in [-0.25, -0.2) is 9.07 Å². The van der Waals surface area contributed by atoms with Crippen LogP contribution in [0.4, 0.5) is 15.8 Å². The van der Waals surface area contributed by atoms with Crippen molar-refractivity contribution in [1.82, 2.24) is 14.7 Å². The minimum Gasteiger partial charge on any atom is -0.369 e. The van der Waals surface area contributed by atoms with Gasteiger partial charge in [-0.05, 0) is 55.6 Å². The Balaban J connectivity index is 1.41. The molecule has 2 heterocycles. The summed E-state index contributed by atoms with van der Waals surface area (Å²) < 4.78 is 14.8. The number of amides is 1. The van der Waals surface area contributed by atoms with Gasteiger partial charge in [-0.2, -0.15) is 5.10 Å². The van der Waals surface area contributed by atoms with E-state index in [1.807, 2.05) is 24.3 Å². The fourth-order valence-electron chi connectivity index (χ4n) is 3.22. The van der Waals surface area contributed by atoms with Gasteiger partial charge in [0.25, 0.3) is 5.91 Å². The van der Waals surface area contributed by atoms with E-state index in [1.54, 1.807) is 24.4 Å². The van der Waals surface area contributed by atoms with Gasteiger partial charge in [-0.1, -0.05) is 6.07 Å². The molecule has 1 amide bonds. The summed E-state index contributed by atoms with van der Waals surface area (Å²) in [7, 11) is 2.13. The van der Waals surface area contributed by atoms with Gasteiger partial charge in [-0.3, -0.25) is 4.79 Å². The average Bonchev–Trinajstić information content (AvgIpc) is 3.20. The second kappa shape index (κ2) is 7.82. The Morgan fingerprint density at radius 3 is 2.46 bits per heavy atom. The number of halogens is 1. The Bertz CT molecular complexity index is 961. The molecule has 4 rings (SSSR count). The highest BCUT2D eigenvalue weighted by Gasteiger charge is 2.15. The standard InChI is InChI=1S/C21H22FN5O/c1-25-11-13-26(14-12-25)18-7-5-17(6-8-18)23-21(28)20-9-10-27(24-20)19-4-2-3-16(22)15-19/h2-10,15H,11-14H2,1H3,(H,23,28). The first kappa shape index (κ1) is 18.2. The number of carbonyl (C=O) groups is 1. The summed E-state index contributed by atoms with van der Waals surface area (Å²) in [5.41, 5.74) is 2.70. The van der Waals surface area contributed by atoms with Crippen LogP contribution in [-0.2, 0) is 0 Å². The highest BCUT2D eigenvalue weighted by atomic mass is 19.1. The van der Waals surface area contributed by atoms with E-state index in [-0.39, 0.29) is 17.4 Å². The molecule has 3 aromatic rings. The second-order valence-electron chi connectivity index (χ2n) is 6.92. The van der Waals surface area contributed by atoms with Gasteiger partial charge in [0.1, 0.15) is 5.82 Å². The minimum atomic E-state index is -0.348. The minimum absolute atomic E-state index is 0.271. The van der Waals surface area contributed by atoms with Crippen molar-refractivity contribution in [1.29, 1.82) is 0 Å². The van der Waals surface area contributed by atoms with Gasteiger partial charge in [0.15, 0.2) is 5.69 Å². The first-order chi connectivity index (χ1) is 13.6. The van der Waals surface area contributed by atoms with Crippen LogP contribution in [0.15, 0.2) is 60.8 Å². The van der Waals surface area contributed by atoms with Crippen molar-refractivity contribution >= 4 is 17.3 Å². The number of nitrogens with one attached hydrogen (secondary N) is 1. The van der Waals surface area contributed by atoms with E-state index < -0.39 is 0 Å². The number of carbonyl (C=O) groups excluding carboxylic acids is 1. The Morgan fingerprint density at radius 2 is 1.75 bits per heavy atom. The van der Waals surface area contributed by atoms with Crippen LogP contribution in [0.2, 0.25) is 0 Å². The molecule has 1 aliphatic rings. The molecular formula is C21H22FN5O. The normalized spacial score (nSPS) is 14.9. The zero-order valence-corrected chi connectivity index (χ0v) is 15.7. The van der Waals surface area contributed by atoms with Crippen LogP contribution in [0.5, 0.6) is 0 Å². The Kier molecular flexibility index (Phi) is 5.08. The molecule has 1 aliphatic heterocycles. The lowest BCUT2D eigenvalue weighted by atomic mass is 10.2. The molecule has 0 spiro atoms. The lowest BCUT2D eigenvalue weighted by Crippen LogP contribution is -2.44.